The van der Waals surface area contributed by atoms with Crippen LogP contribution in [0.2, 0.25) is 0 Å². The van der Waals surface area contributed by atoms with Crippen LogP contribution in [0.4, 0.5) is 0 Å². The van der Waals surface area contributed by atoms with Crippen molar-refractivity contribution in [1.82, 2.24) is 29.8 Å². The number of carbonyl (C=O) groups excluding carboxylic acids is 1. The van der Waals surface area contributed by atoms with Crippen LogP contribution in [0.15, 0.2) is 22.3 Å². The third-order valence-electron chi connectivity index (χ3n) is 2.68. The first kappa shape index (κ1) is 19.1. The molecule has 0 aliphatic heterocycles. The summed E-state index contributed by atoms with van der Waals surface area (Å²) in [6.45, 7) is 4.57. The van der Waals surface area contributed by atoms with E-state index < -0.39 is 0 Å². The molecule has 2 heterocycles. The van der Waals surface area contributed by atoms with Gasteiger partial charge in [-0.1, -0.05) is 23.0 Å². The van der Waals surface area contributed by atoms with Crippen molar-refractivity contribution in [3.05, 3.63) is 30.2 Å². The van der Waals surface area contributed by atoms with Gasteiger partial charge in [-0.15, -0.1) is 29.2 Å². The number of halogens is 1. The van der Waals surface area contributed by atoms with E-state index in [0.717, 1.165) is 0 Å². The lowest BCUT2D eigenvalue weighted by molar-refractivity contribution is 0.0779. The number of carbonyl (C=O) groups is 1. The van der Waals surface area contributed by atoms with Crippen LogP contribution in [0.1, 0.15) is 22.3 Å². The van der Waals surface area contributed by atoms with Crippen molar-refractivity contribution >= 4 is 30.1 Å². The Morgan fingerprint density at radius 2 is 2.22 bits per heavy atom. The minimum Gasteiger partial charge on any atom is -0.341 e. The van der Waals surface area contributed by atoms with Crippen LogP contribution in [-0.2, 0) is 18.8 Å². The van der Waals surface area contributed by atoms with Crippen LogP contribution in [0.5, 0.6) is 0 Å². The third-order valence-corrected chi connectivity index (χ3v) is 3.64. The fraction of sp³-hybridized carbons (Fsp3) is 0.417. The third kappa shape index (κ3) is 4.53. The Morgan fingerprint density at radius 1 is 1.48 bits per heavy atom. The largest absolute Gasteiger partial charge is 0.341 e. The van der Waals surface area contributed by atoms with Crippen molar-refractivity contribution in [2.24, 2.45) is 5.73 Å². The van der Waals surface area contributed by atoms with Crippen molar-refractivity contribution in [3.63, 3.8) is 0 Å². The first-order valence-corrected chi connectivity index (χ1v) is 7.45. The zero-order valence-electron chi connectivity index (χ0n) is 12.8. The molecule has 0 bridgehead atoms. The summed E-state index contributed by atoms with van der Waals surface area (Å²) in [5.41, 5.74) is 5.62. The van der Waals surface area contributed by atoms with E-state index in [1.807, 2.05) is 4.57 Å². The van der Waals surface area contributed by atoms with E-state index in [-0.39, 0.29) is 24.2 Å². The molecule has 0 spiro atoms. The summed E-state index contributed by atoms with van der Waals surface area (Å²) in [7, 11) is 3.24. The molecule has 126 valence electrons. The molecule has 0 aliphatic rings. The molecular weight excluding hydrogens is 342 g/mol. The second-order valence-electron chi connectivity index (χ2n) is 4.51. The summed E-state index contributed by atoms with van der Waals surface area (Å²) in [5.74, 6) is 1.14. The van der Waals surface area contributed by atoms with Crippen LogP contribution in [0, 0.1) is 0 Å². The molecule has 23 heavy (non-hydrogen) atoms. The van der Waals surface area contributed by atoms with Crippen molar-refractivity contribution in [1.29, 1.82) is 0 Å². The smallest absolute Gasteiger partial charge is 0.316 e. The first-order chi connectivity index (χ1) is 10.6. The maximum Gasteiger partial charge on any atom is 0.316 e. The Balaban J connectivity index is 0.00000264. The van der Waals surface area contributed by atoms with Gasteiger partial charge in [-0.05, 0) is 0 Å². The van der Waals surface area contributed by atoms with Crippen LogP contribution >= 0.6 is 24.2 Å². The lowest BCUT2D eigenvalue weighted by Gasteiger charge is -2.05. The van der Waals surface area contributed by atoms with Gasteiger partial charge < -0.3 is 19.7 Å². The number of thioether (sulfide) groups is 1. The van der Waals surface area contributed by atoms with Crippen molar-refractivity contribution in [2.75, 3.05) is 14.1 Å². The van der Waals surface area contributed by atoms with Crippen LogP contribution in [-0.4, -0.2) is 49.8 Å². The van der Waals surface area contributed by atoms with Crippen LogP contribution in [0.3, 0.4) is 0 Å². The molecule has 2 aromatic rings. The molecule has 0 aromatic carbocycles. The van der Waals surface area contributed by atoms with Crippen molar-refractivity contribution in [2.45, 2.75) is 24.0 Å². The van der Waals surface area contributed by atoms with E-state index in [9.17, 15) is 4.79 Å². The van der Waals surface area contributed by atoms with E-state index in [2.05, 4.69) is 26.9 Å². The minimum atomic E-state index is -0.330. The lowest BCUT2D eigenvalue weighted by atomic mass is 10.5. The monoisotopic (exact) mass is 359 g/mol. The van der Waals surface area contributed by atoms with Gasteiger partial charge in [-0.2, -0.15) is 4.98 Å². The average molecular weight is 360 g/mol. The Hall–Kier alpha value is -1.91. The average Bonchev–Trinajstić information content (AvgIpc) is 3.11. The first-order valence-electron chi connectivity index (χ1n) is 6.46. The lowest BCUT2D eigenvalue weighted by Crippen LogP contribution is -2.21. The highest BCUT2D eigenvalue weighted by molar-refractivity contribution is 7.98. The Bertz CT molecular complexity index is 670. The molecule has 0 fully saturated rings. The van der Waals surface area contributed by atoms with E-state index >= 15 is 0 Å². The number of hydrogen-bond acceptors (Lipinski definition) is 8. The molecular formula is C12H18ClN7O2S. The maximum absolute atomic E-state index is 11.7. The van der Waals surface area contributed by atoms with Gasteiger partial charge in [-0.3, -0.25) is 4.79 Å². The fourth-order valence-electron chi connectivity index (χ4n) is 1.61. The summed E-state index contributed by atoms with van der Waals surface area (Å²) in [4.78, 5) is 17.1. The summed E-state index contributed by atoms with van der Waals surface area (Å²) < 4.78 is 6.80. The number of rotatable bonds is 7. The molecule has 2 N–H and O–H groups in total. The topological polar surface area (TPSA) is 116 Å². The molecule has 1 amide bonds. The quantitative estimate of drug-likeness (QED) is 0.567. The summed E-state index contributed by atoms with van der Waals surface area (Å²) in [6.07, 6.45) is 1.74. The van der Waals surface area contributed by atoms with Gasteiger partial charge in [0.05, 0.1) is 12.3 Å². The highest BCUT2D eigenvalue weighted by Crippen LogP contribution is 2.20. The van der Waals surface area contributed by atoms with Gasteiger partial charge in [0.25, 0.3) is 0 Å². The van der Waals surface area contributed by atoms with E-state index in [1.165, 1.54) is 16.7 Å². The molecule has 0 atom stereocenters. The number of aromatic nitrogens is 5. The van der Waals surface area contributed by atoms with Gasteiger partial charge in [0.2, 0.25) is 0 Å². The summed E-state index contributed by atoms with van der Waals surface area (Å²) in [6, 6.07) is 0. The normalized spacial score (nSPS) is 10.2. The van der Waals surface area contributed by atoms with E-state index in [1.54, 1.807) is 20.2 Å². The molecule has 0 saturated heterocycles. The summed E-state index contributed by atoms with van der Waals surface area (Å²) in [5, 5.41) is 12.6. The highest BCUT2D eigenvalue weighted by atomic mass is 35.5. The highest BCUT2D eigenvalue weighted by Gasteiger charge is 2.18. The fourth-order valence-corrected chi connectivity index (χ4v) is 2.42. The molecule has 0 saturated carbocycles. The molecule has 2 aromatic heterocycles. The maximum atomic E-state index is 11.7. The summed E-state index contributed by atoms with van der Waals surface area (Å²) >= 11 is 1.39. The molecule has 11 heteroatoms. The van der Waals surface area contributed by atoms with E-state index in [4.69, 9.17) is 10.3 Å². The van der Waals surface area contributed by atoms with Crippen molar-refractivity contribution < 1.29 is 9.32 Å². The second-order valence-corrected chi connectivity index (χ2v) is 5.45. The SMILES string of the molecule is C=CCn1c(CN)nnc1SCc1noc(C(=O)N(C)C)n1.Cl. The number of hydrogen-bond donors (Lipinski definition) is 1. The Kier molecular flexibility index (Phi) is 7.20. The molecule has 0 unspecified atom stereocenters. The number of nitrogens with two attached hydrogens (primary N) is 1. The number of allylic oxidation sites excluding steroid dienone is 1. The molecule has 0 aliphatic carbocycles. The number of nitrogens with zero attached hydrogens (tertiary/aromatic N) is 6. The van der Waals surface area contributed by atoms with Gasteiger partial charge in [0.1, 0.15) is 5.82 Å². The van der Waals surface area contributed by atoms with E-state index in [0.29, 0.717) is 35.6 Å². The van der Waals surface area contributed by atoms with Gasteiger partial charge >= 0.3 is 11.8 Å². The van der Waals surface area contributed by atoms with Crippen LogP contribution in [0.25, 0.3) is 0 Å². The predicted octanol–water partition coefficient (Wildman–Crippen LogP) is 0.722. The molecule has 9 nitrogen and oxygen atoms in total. The zero-order chi connectivity index (χ0) is 16.1. The second kappa shape index (κ2) is 8.65. The standard InChI is InChI=1S/C12H17N7O2S.ClH/c1-4-5-19-9(6-13)15-16-12(19)22-7-8-14-10(21-17-8)11(20)18(2)3;/h4H,1,5-7,13H2,2-3H3;1H. The molecule has 2 rings (SSSR count). The Labute approximate surface area is 143 Å². The minimum absolute atomic E-state index is 0. The van der Waals surface area contributed by atoms with Gasteiger partial charge in [0.15, 0.2) is 11.0 Å². The predicted molar refractivity (Wildman–Crippen MR) is 87.2 cm³/mol. The van der Waals surface area contributed by atoms with Gasteiger partial charge in [-0.25, -0.2) is 0 Å². The Morgan fingerprint density at radius 3 is 2.83 bits per heavy atom. The number of amides is 1. The van der Waals surface area contributed by atoms with Crippen LogP contribution < -0.4 is 5.73 Å². The zero-order valence-corrected chi connectivity index (χ0v) is 14.4. The molecule has 0 radical (unpaired) electrons. The van der Waals surface area contributed by atoms with Gasteiger partial charge in [0, 0.05) is 20.6 Å². The van der Waals surface area contributed by atoms with Crippen molar-refractivity contribution in [3.8, 4) is 0 Å².